The van der Waals surface area contributed by atoms with Crippen molar-refractivity contribution in [1.82, 2.24) is 0 Å². The lowest BCUT2D eigenvalue weighted by molar-refractivity contribution is 0.171. The second-order valence-corrected chi connectivity index (χ2v) is 3.87. The van der Waals surface area contributed by atoms with Crippen LogP contribution in [-0.4, -0.2) is 10.2 Å². The number of alkyl halides is 4. The number of halogens is 4. The molecule has 0 saturated carbocycles. The van der Waals surface area contributed by atoms with Crippen molar-refractivity contribution in [2.45, 2.75) is 10.2 Å². The largest absolute Gasteiger partial charge is 0.260 e. The predicted molar refractivity (Wildman–Crippen MR) is 27.6 cm³/mol. The number of rotatable bonds is 1. The zero-order valence-electron chi connectivity index (χ0n) is 2.67. The number of hydrogen-bond donors (Lipinski definition) is 0. The van der Waals surface area contributed by atoms with Gasteiger partial charge in [0.05, 0.1) is 0 Å². The average Bonchev–Trinajstić information content (AvgIpc) is 1.36. The molecule has 6 heavy (non-hydrogen) atoms. The molecule has 0 aromatic carbocycles. The van der Waals surface area contributed by atoms with Gasteiger partial charge in [0.1, 0.15) is 3.74 Å². The molecule has 0 nitrogen and oxygen atoms in total. The minimum Gasteiger partial charge on any atom is -0.208 e. The Labute approximate surface area is 51.2 Å². The van der Waals surface area contributed by atoms with E-state index >= 15 is 0 Å². The Balaban J connectivity index is 2.99. The van der Waals surface area contributed by atoms with Crippen LogP contribution in [0.4, 0.5) is 8.78 Å². The van der Waals surface area contributed by atoms with Gasteiger partial charge in [-0.2, -0.15) is 0 Å². The third-order valence-corrected chi connectivity index (χ3v) is 0.990. The summed E-state index contributed by atoms with van der Waals surface area (Å²) >= 11 is 5.21. The minimum absolute atomic E-state index is 0.856. The van der Waals surface area contributed by atoms with E-state index in [0.717, 1.165) is 0 Å². The highest BCUT2D eigenvalue weighted by Gasteiger charge is 2.09. The Morgan fingerprint density at radius 1 is 1.17 bits per heavy atom. The van der Waals surface area contributed by atoms with Gasteiger partial charge in [-0.05, 0) is 0 Å². The second-order valence-electron chi connectivity index (χ2n) is 0.669. The first-order valence-electron chi connectivity index (χ1n) is 1.21. The van der Waals surface area contributed by atoms with Crippen LogP contribution in [0.2, 0.25) is 0 Å². The molecule has 0 heterocycles. The van der Waals surface area contributed by atoms with Crippen LogP contribution in [0, 0.1) is 0 Å². The van der Waals surface area contributed by atoms with Crippen LogP contribution in [0.15, 0.2) is 0 Å². The van der Waals surface area contributed by atoms with Crippen LogP contribution < -0.4 is 0 Å². The minimum atomic E-state index is -2.31. The molecule has 0 aromatic heterocycles. The molecule has 0 aromatic rings. The molecule has 0 unspecified atom stereocenters. The van der Waals surface area contributed by atoms with Gasteiger partial charge in [0.15, 0.2) is 0 Å². The maximum absolute atomic E-state index is 11.1. The van der Waals surface area contributed by atoms with Crippen molar-refractivity contribution in [3.8, 4) is 0 Å². The van der Waals surface area contributed by atoms with Crippen molar-refractivity contribution in [2.75, 3.05) is 0 Å². The molecular weight excluding hydrogens is 222 g/mol. The van der Waals surface area contributed by atoms with E-state index in [1.807, 2.05) is 0 Å². The molecule has 0 bridgehead atoms. The second kappa shape index (κ2) is 2.91. The van der Waals surface area contributed by atoms with Gasteiger partial charge < -0.3 is 0 Å². The first-order valence-corrected chi connectivity index (χ1v) is 3.04. The van der Waals surface area contributed by atoms with E-state index in [-0.39, 0.29) is 0 Å². The normalized spacial score (nSPS) is 11.0. The molecule has 4 heteroatoms. The van der Waals surface area contributed by atoms with E-state index < -0.39 is 10.2 Å². The van der Waals surface area contributed by atoms with Crippen molar-refractivity contribution >= 4 is 31.9 Å². The fourth-order valence-electron chi connectivity index (χ4n) is 0. The van der Waals surface area contributed by atoms with Gasteiger partial charge in [0, 0.05) is 0 Å². The van der Waals surface area contributed by atoms with Crippen LogP contribution in [0.25, 0.3) is 0 Å². The molecule has 0 rings (SSSR count). The quantitative estimate of drug-likeness (QED) is 0.599. The molecule has 0 aliphatic heterocycles. The smallest absolute Gasteiger partial charge is 0.208 e. The summed E-state index contributed by atoms with van der Waals surface area (Å²) in [7, 11) is 0. The molecule has 0 amide bonds. The Morgan fingerprint density at radius 2 is 1.33 bits per heavy atom. The molecule has 0 saturated heterocycles. The fourth-order valence-corrected chi connectivity index (χ4v) is 0. The molecule has 0 radical (unpaired) electrons. The lowest BCUT2D eigenvalue weighted by atomic mass is 10.9. The highest BCUT2D eigenvalue weighted by molar-refractivity contribution is 9.24. The van der Waals surface area contributed by atoms with Crippen LogP contribution in [0.1, 0.15) is 0 Å². The lowest BCUT2D eigenvalue weighted by Crippen LogP contribution is -1.98. The monoisotopic (exact) mass is 222 g/mol. The Morgan fingerprint density at radius 3 is 1.33 bits per heavy atom. The molecule has 38 valence electrons. The van der Waals surface area contributed by atoms with Gasteiger partial charge >= 0.3 is 0 Å². The Bertz CT molecular complexity index is 30.5. The van der Waals surface area contributed by atoms with Crippen molar-refractivity contribution in [3.63, 3.8) is 0 Å². The van der Waals surface area contributed by atoms with Crippen molar-refractivity contribution in [3.05, 3.63) is 0 Å². The van der Waals surface area contributed by atoms with Gasteiger partial charge in [0.25, 0.3) is 6.43 Å². The summed E-state index contributed by atoms with van der Waals surface area (Å²) in [5.41, 5.74) is 0. The summed E-state index contributed by atoms with van der Waals surface area (Å²) < 4.78 is 21.3. The van der Waals surface area contributed by atoms with Crippen LogP contribution in [0.3, 0.4) is 0 Å². The fraction of sp³-hybridized carbons (Fsp3) is 1.00. The molecule has 0 aliphatic carbocycles. The molecular formula is C2H2Br2F2. The summed E-state index contributed by atoms with van der Waals surface area (Å²) in [6, 6.07) is 0. The molecule has 0 spiro atoms. The van der Waals surface area contributed by atoms with Gasteiger partial charge in [-0.25, -0.2) is 8.78 Å². The Kier molecular flexibility index (Phi) is 3.30. The zero-order chi connectivity index (χ0) is 5.15. The van der Waals surface area contributed by atoms with Crippen molar-refractivity contribution < 1.29 is 8.78 Å². The van der Waals surface area contributed by atoms with Crippen LogP contribution in [-0.2, 0) is 0 Å². The van der Waals surface area contributed by atoms with Crippen LogP contribution in [0.5, 0.6) is 0 Å². The topological polar surface area (TPSA) is 0 Å². The van der Waals surface area contributed by atoms with Gasteiger partial charge in [-0.1, -0.05) is 31.9 Å². The van der Waals surface area contributed by atoms with Crippen molar-refractivity contribution in [2.24, 2.45) is 0 Å². The molecule has 0 N–H and O–H groups in total. The third kappa shape index (κ3) is 3.03. The van der Waals surface area contributed by atoms with Gasteiger partial charge in [0.2, 0.25) is 0 Å². The summed E-state index contributed by atoms with van der Waals surface area (Å²) in [6.07, 6.45) is -2.31. The summed E-state index contributed by atoms with van der Waals surface area (Å²) in [5.74, 6) is 0. The highest BCUT2D eigenvalue weighted by atomic mass is 79.9. The molecule has 0 fully saturated rings. The van der Waals surface area contributed by atoms with Crippen LogP contribution >= 0.6 is 31.9 Å². The lowest BCUT2D eigenvalue weighted by Gasteiger charge is -1.93. The van der Waals surface area contributed by atoms with Crippen molar-refractivity contribution in [1.29, 1.82) is 0 Å². The van der Waals surface area contributed by atoms with E-state index in [1.165, 1.54) is 0 Å². The number of hydrogen-bond acceptors (Lipinski definition) is 0. The third-order valence-electron chi connectivity index (χ3n) is 0.190. The standard InChI is InChI=1S/C2H2Br2F2/c3-1(4)2(5)6/h1-2H. The van der Waals surface area contributed by atoms with E-state index in [4.69, 9.17) is 0 Å². The van der Waals surface area contributed by atoms with E-state index in [2.05, 4.69) is 31.9 Å². The highest BCUT2D eigenvalue weighted by Crippen LogP contribution is 2.16. The average molecular weight is 224 g/mol. The van der Waals surface area contributed by atoms with Gasteiger partial charge in [-0.3, -0.25) is 0 Å². The SMILES string of the molecule is FC(F)C(Br)Br. The summed E-state index contributed by atoms with van der Waals surface area (Å²) in [6.45, 7) is 0. The maximum Gasteiger partial charge on any atom is 0.260 e. The zero-order valence-corrected chi connectivity index (χ0v) is 5.84. The van der Waals surface area contributed by atoms with Gasteiger partial charge in [-0.15, -0.1) is 0 Å². The summed E-state index contributed by atoms with van der Waals surface area (Å²) in [5, 5.41) is 0. The maximum atomic E-state index is 11.1. The van der Waals surface area contributed by atoms with E-state index in [0.29, 0.717) is 0 Å². The Hall–Kier alpha value is 0.820. The first kappa shape index (κ1) is 6.82. The molecule has 0 atom stereocenters. The first-order chi connectivity index (χ1) is 2.64. The predicted octanol–water partition coefficient (Wildman–Crippen LogP) is 2.37. The molecule has 0 aliphatic rings. The van der Waals surface area contributed by atoms with E-state index in [1.54, 1.807) is 0 Å². The van der Waals surface area contributed by atoms with E-state index in [9.17, 15) is 8.78 Å². The summed E-state index contributed by atoms with van der Waals surface area (Å²) in [4.78, 5) is 0.